The summed E-state index contributed by atoms with van der Waals surface area (Å²) in [5, 5.41) is 9.10. The number of aliphatic hydroxyl groups is 1. The molecule has 0 heterocycles. The second-order valence-electron chi connectivity index (χ2n) is 3.56. The molecule has 0 bridgehead atoms. The molecule has 0 aliphatic heterocycles. The van der Waals surface area contributed by atoms with Crippen LogP contribution >= 0.6 is 0 Å². The van der Waals surface area contributed by atoms with E-state index >= 15 is 0 Å². The fraction of sp³-hybridized carbons (Fsp3) is 0.455. The highest BCUT2D eigenvalue weighted by molar-refractivity contribution is 5.40. The average Bonchev–Trinajstić information content (AvgIpc) is 2.49. The van der Waals surface area contributed by atoms with Gasteiger partial charge in [-0.15, -0.1) is 0 Å². The Balaban J connectivity index is 2.46. The van der Waals surface area contributed by atoms with E-state index in [1.54, 1.807) is 0 Å². The lowest BCUT2D eigenvalue weighted by atomic mass is 10.00. The number of fused-ring (bicyclic) bond motifs is 1. The summed E-state index contributed by atoms with van der Waals surface area (Å²) in [6, 6.07) is 6.39. The summed E-state index contributed by atoms with van der Waals surface area (Å²) < 4.78 is 0. The standard InChI is InChI=1S/C11H14O/c1-8-3-2-4-11-9(7-12)5-6-10(8)11/h2-4,9,12H,5-7H2,1H3. The SMILES string of the molecule is Cc1cccc2c1CCC2CO. The monoisotopic (exact) mass is 162 g/mol. The van der Waals surface area contributed by atoms with Crippen molar-refractivity contribution in [3.8, 4) is 0 Å². The van der Waals surface area contributed by atoms with Gasteiger partial charge < -0.3 is 5.11 Å². The van der Waals surface area contributed by atoms with Gasteiger partial charge in [0.25, 0.3) is 0 Å². The third-order valence-corrected chi connectivity index (χ3v) is 2.85. The van der Waals surface area contributed by atoms with Gasteiger partial charge in [-0.3, -0.25) is 0 Å². The smallest absolute Gasteiger partial charge is 0.0499 e. The van der Waals surface area contributed by atoms with Gasteiger partial charge in [-0.1, -0.05) is 18.2 Å². The van der Waals surface area contributed by atoms with Crippen molar-refractivity contribution in [2.75, 3.05) is 6.61 Å². The van der Waals surface area contributed by atoms with Crippen molar-refractivity contribution in [3.05, 3.63) is 34.9 Å². The van der Waals surface area contributed by atoms with Crippen molar-refractivity contribution in [2.24, 2.45) is 0 Å². The van der Waals surface area contributed by atoms with Crippen LogP contribution in [0.1, 0.15) is 29.0 Å². The molecule has 1 unspecified atom stereocenters. The molecule has 0 spiro atoms. The van der Waals surface area contributed by atoms with Crippen LogP contribution in [0.4, 0.5) is 0 Å². The highest BCUT2D eigenvalue weighted by Gasteiger charge is 2.22. The highest BCUT2D eigenvalue weighted by Crippen LogP contribution is 2.34. The van der Waals surface area contributed by atoms with Gasteiger partial charge in [0.05, 0.1) is 0 Å². The molecule has 0 radical (unpaired) electrons. The molecule has 1 aliphatic rings. The van der Waals surface area contributed by atoms with Gasteiger partial charge >= 0.3 is 0 Å². The molecule has 1 nitrogen and oxygen atoms in total. The summed E-state index contributed by atoms with van der Waals surface area (Å²) in [6.07, 6.45) is 2.27. The fourth-order valence-electron chi connectivity index (χ4n) is 2.11. The second-order valence-corrected chi connectivity index (χ2v) is 3.56. The van der Waals surface area contributed by atoms with Crippen LogP contribution < -0.4 is 0 Å². The zero-order valence-electron chi connectivity index (χ0n) is 7.38. The summed E-state index contributed by atoms with van der Waals surface area (Å²) in [5.41, 5.74) is 4.22. The summed E-state index contributed by atoms with van der Waals surface area (Å²) in [5.74, 6) is 0.403. The molecule has 64 valence electrons. The molecule has 1 atom stereocenters. The maximum Gasteiger partial charge on any atom is 0.0499 e. The Labute approximate surface area is 73.0 Å². The minimum Gasteiger partial charge on any atom is -0.396 e. The highest BCUT2D eigenvalue weighted by atomic mass is 16.3. The maximum absolute atomic E-state index is 9.10. The molecule has 0 aromatic heterocycles. The normalized spacial score (nSPS) is 21.0. The molecule has 0 amide bonds. The lowest BCUT2D eigenvalue weighted by molar-refractivity contribution is 0.265. The zero-order chi connectivity index (χ0) is 8.55. The summed E-state index contributed by atoms with van der Waals surface area (Å²) in [7, 11) is 0. The second kappa shape index (κ2) is 2.91. The van der Waals surface area contributed by atoms with E-state index in [9.17, 15) is 0 Å². The Hall–Kier alpha value is -0.820. The Morgan fingerprint density at radius 1 is 1.50 bits per heavy atom. The molecule has 1 aliphatic carbocycles. The van der Waals surface area contributed by atoms with Gasteiger partial charge in [-0.25, -0.2) is 0 Å². The van der Waals surface area contributed by atoms with Crippen molar-refractivity contribution in [1.29, 1.82) is 0 Å². The Kier molecular flexibility index (Phi) is 1.89. The van der Waals surface area contributed by atoms with Gasteiger partial charge in [-0.2, -0.15) is 0 Å². The quantitative estimate of drug-likeness (QED) is 0.669. The van der Waals surface area contributed by atoms with Crippen LogP contribution in [0.3, 0.4) is 0 Å². The summed E-state index contributed by atoms with van der Waals surface area (Å²) in [4.78, 5) is 0. The zero-order valence-corrected chi connectivity index (χ0v) is 7.38. The van der Waals surface area contributed by atoms with E-state index in [0.717, 1.165) is 12.8 Å². The van der Waals surface area contributed by atoms with Crippen molar-refractivity contribution < 1.29 is 5.11 Å². The molecule has 0 saturated heterocycles. The molecule has 0 fully saturated rings. The van der Waals surface area contributed by atoms with Crippen LogP contribution in [0.2, 0.25) is 0 Å². The van der Waals surface area contributed by atoms with Crippen molar-refractivity contribution >= 4 is 0 Å². The van der Waals surface area contributed by atoms with Crippen LogP contribution in [-0.4, -0.2) is 11.7 Å². The molecular formula is C11H14O. The Bertz CT molecular complexity index is 291. The molecular weight excluding hydrogens is 148 g/mol. The fourth-order valence-corrected chi connectivity index (χ4v) is 2.11. The number of rotatable bonds is 1. The lowest BCUT2D eigenvalue weighted by Crippen LogP contribution is -1.98. The number of aryl methyl sites for hydroxylation is 1. The third kappa shape index (κ3) is 1.05. The minimum absolute atomic E-state index is 0.302. The minimum atomic E-state index is 0.302. The van der Waals surface area contributed by atoms with Crippen LogP contribution in [0.25, 0.3) is 0 Å². The average molecular weight is 162 g/mol. The molecule has 2 rings (SSSR count). The van der Waals surface area contributed by atoms with Gasteiger partial charge in [0.2, 0.25) is 0 Å². The Morgan fingerprint density at radius 3 is 3.08 bits per heavy atom. The van der Waals surface area contributed by atoms with Crippen LogP contribution in [0, 0.1) is 6.92 Å². The summed E-state index contributed by atoms with van der Waals surface area (Å²) >= 11 is 0. The first-order chi connectivity index (χ1) is 5.83. The predicted molar refractivity (Wildman–Crippen MR) is 49.3 cm³/mol. The Morgan fingerprint density at radius 2 is 2.33 bits per heavy atom. The largest absolute Gasteiger partial charge is 0.396 e. The molecule has 1 heteroatoms. The molecule has 1 N–H and O–H groups in total. The molecule has 1 aromatic carbocycles. The number of hydrogen-bond acceptors (Lipinski definition) is 1. The van der Waals surface area contributed by atoms with Crippen molar-refractivity contribution in [3.63, 3.8) is 0 Å². The number of benzene rings is 1. The van der Waals surface area contributed by atoms with Crippen LogP contribution in [-0.2, 0) is 6.42 Å². The summed E-state index contributed by atoms with van der Waals surface area (Å²) in [6.45, 7) is 2.45. The lowest BCUT2D eigenvalue weighted by Gasteiger charge is -2.07. The van der Waals surface area contributed by atoms with Crippen molar-refractivity contribution in [1.82, 2.24) is 0 Å². The maximum atomic E-state index is 9.10. The third-order valence-electron chi connectivity index (χ3n) is 2.85. The predicted octanol–water partition coefficient (Wildman–Crippen LogP) is 2.02. The number of hydrogen-bond donors (Lipinski definition) is 1. The molecule has 12 heavy (non-hydrogen) atoms. The molecule has 1 aromatic rings. The van der Waals surface area contributed by atoms with Crippen LogP contribution in [0.5, 0.6) is 0 Å². The first-order valence-electron chi connectivity index (χ1n) is 4.52. The van der Waals surface area contributed by atoms with E-state index in [0.29, 0.717) is 12.5 Å². The van der Waals surface area contributed by atoms with Crippen molar-refractivity contribution in [2.45, 2.75) is 25.7 Å². The van der Waals surface area contributed by atoms with Gasteiger partial charge in [-0.05, 0) is 36.5 Å². The van der Waals surface area contributed by atoms with E-state index < -0.39 is 0 Å². The number of aliphatic hydroxyl groups excluding tert-OH is 1. The van der Waals surface area contributed by atoms with Crippen LogP contribution in [0.15, 0.2) is 18.2 Å². The van der Waals surface area contributed by atoms with E-state index in [1.807, 2.05) is 0 Å². The van der Waals surface area contributed by atoms with Gasteiger partial charge in [0.1, 0.15) is 0 Å². The van der Waals surface area contributed by atoms with Gasteiger partial charge in [0.15, 0.2) is 0 Å². The van der Waals surface area contributed by atoms with E-state index in [-0.39, 0.29) is 0 Å². The first-order valence-corrected chi connectivity index (χ1v) is 4.52. The first kappa shape index (κ1) is 7.81. The van der Waals surface area contributed by atoms with E-state index in [2.05, 4.69) is 25.1 Å². The topological polar surface area (TPSA) is 20.2 Å². The van der Waals surface area contributed by atoms with E-state index in [1.165, 1.54) is 16.7 Å². The van der Waals surface area contributed by atoms with Gasteiger partial charge in [0, 0.05) is 12.5 Å². The van der Waals surface area contributed by atoms with E-state index in [4.69, 9.17) is 5.11 Å². The molecule has 0 saturated carbocycles.